The highest BCUT2D eigenvalue weighted by Gasteiger charge is 2.40. The van der Waals surface area contributed by atoms with Crippen LogP contribution in [0.15, 0.2) is 54.6 Å². The van der Waals surface area contributed by atoms with E-state index >= 15 is 0 Å². The lowest BCUT2D eigenvalue weighted by Crippen LogP contribution is -2.52. The molecule has 2 aromatic rings. The topological polar surface area (TPSA) is 138 Å². The number of benzene rings is 2. The molecule has 13 heteroatoms. The smallest absolute Gasteiger partial charge is 0.410 e. The quantitative estimate of drug-likeness (QED) is 0.115. The van der Waals surface area contributed by atoms with Gasteiger partial charge in [0.2, 0.25) is 0 Å². The minimum atomic E-state index is -1.68. The van der Waals surface area contributed by atoms with Crippen molar-refractivity contribution in [2.24, 2.45) is 5.41 Å². The molecule has 3 rings (SSSR count). The first-order valence-electron chi connectivity index (χ1n) is 20.1. The van der Waals surface area contributed by atoms with Crippen LogP contribution in [-0.4, -0.2) is 103 Å². The SMILES string of the molecule is C[C@@H](OC(=O)[C@H](CC(C)(C)C)N(C)C(=O)[C@@H](Cc1ccc(C2CCOCC2)cc1)OC(=O)[C@H](CCC(C)(C)F)N(C)C(=O)OC(C)(C)C)C(=O)OCc1ccccc1. The standard InChI is InChI=1S/C45H65FN2O10/c1-30(39(50)55-29-32-15-13-12-14-16-32)56-41(52)36(28-43(2,3)4)47(10)38(49)37(27-31-17-19-33(20-18-31)34-22-25-54-26-23-34)57-40(51)35(21-24-45(8,9)46)48(11)42(53)58-44(5,6)7/h12-20,30,34-37H,21-29H2,1-11H3/t30-,35+,36+,37-/m1/s1. The molecular weight excluding hydrogens is 747 g/mol. The van der Waals surface area contributed by atoms with Crippen molar-refractivity contribution in [3.05, 3.63) is 71.3 Å². The summed E-state index contributed by atoms with van der Waals surface area (Å²) in [7, 11) is 2.79. The Labute approximate surface area is 344 Å². The summed E-state index contributed by atoms with van der Waals surface area (Å²) in [5.74, 6) is -2.91. The maximum Gasteiger partial charge on any atom is 0.410 e. The Kier molecular flexibility index (Phi) is 17.3. The molecule has 0 aliphatic carbocycles. The second-order valence-electron chi connectivity index (χ2n) is 18.0. The molecule has 2 aromatic carbocycles. The average Bonchev–Trinajstić information content (AvgIpc) is 3.14. The predicted octanol–water partition coefficient (Wildman–Crippen LogP) is 7.74. The zero-order chi connectivity index (χ0) is 43.4. The molecule has 0 radical (unpaired) electrons. The van der Waals surface area contributed by atoms with Crippen molar-refractivity contribution in [1.29, 1.82) is 0 Å². The highest BCUT2D eigenvalue weighted by molar-refractivity contribution is 5.90. The Morgan fingerprint density at radius 3 is 1.91 bits per heavy atom. The van der Waals surface area contributed by atoms with E-state index in [1.807, 2.05) is 63.2 Å². The molecule has 1 aliphatic rings. The van der Waals surface area contributed by atoms with Gasteiger partial charge in [0.05, 0.1) is 0 Å². The number of halogens is 1. The van der Waals surface area contributed by atoms with Crippen LogP contribution in [0, 0.1) is 5.41 Å². The van der Waals surface area contributed by atoms with Gasteiger partial charge < -0.3 is 28.6 Å². The second-order valence-corrected chi connectivity index (χ2v) is 18.0. The number of nitrogens with zero attached hydrogens (tertiary/aromatic N) is 2. The van der Waals surface area contributed by atoms with Crippen molar-refractivity contribution in [1.82, 2.24) is 9.80 Å². The van der Waals surface area contributed by atoms with Crippen LogP contribution in [0.2, 0.25) is 0 Å². The van der Waals surface area contributed by atoms with Crippen LogP contribution in [0.25, 0.3) is 0 Å². The van der Waals surface area contributed by atoms with E-state index in [2.05, 4.69) is 0 Å². The molecule has 58 heavy (non-hydrogen) atoms. The van der Waals surface area contributed by atoms with Crippen molar-refractivity contribution < 1.29 is 52.0 Å². The molecule has 0 N–H and O–H groups in total. The minimum absolute atomic E-state index is 0.0125. The first kappa shape index (κ1) is 47.9. The van der Waals surface area contributed by atoms with Crippen molar-refractivity contribution in [3.63, 3.8) is 0 Å². The molecule has 1 heterocycles. The summed E-state index contributed by atoms with van der Waals surface area (Å²) in [6, 6.07) is 14.3. The van der Waals surface area contributed by atoms with Crippen molar-refractivity contribution in [2.75, 3.05) is 27.3 Å². The third-order valence-electron chi connectivity index (χ3n) is 9.80. The van der Waals surface area contributed by atoms with Gasteiger partial charge in [-0.15, -0.1) is 0 Å². The highest BCUT2D eigenvalue weighted by atomic mass is 19.1. The van der Waals surface area contributed by atoms with Gasteiger partial charge in [0.1, 0.15) is 30.0 Å². The van der Waals surface area contributed by atoms with Crippen LogP contribution in [0.3, 0.4) is 0 Å². The molecule has 1 fully saturated rings. The fourth-order valence-corrected chi connectivity index (χ4v) is 6.47. The Morgan fingerprint density at radius 1 is 0.776 bits per heavy atom. The zero-order valence-electron chi connectivity index (χ0n) is 36.3. The number of alkyl halides is 1. The third kappa shape index (κ3) is 16.0. The van der Waals surface area contributed by atoms with Crippen molar-refractivity contribution in [2.45, 2.75) is 149 Å². The Hall–Kier alpha value is -4.52. The summed E-state index contributed by atoms with van der Waals surface area (Å²) in [4.78, 5) is 71.0. The largest absolute Gasteiger partial charge is 0.458 e. The molecule has 1 aliphatic heterocycles. The number of amides is 2. The first-order chi connectivity index (χ1) is 26.9. The summed E-state index contributed by atoms with van der Waals surface area (Å²) < 4.78 is 42.9. The number of rotatable bonds is 17. The molecule has 0 bridgehead atoms. The number of carbonyl (C=O) groups is 5. The molecule has 2 amide bonds. The van der Waals surface area contributed by atoms with Gasteiger partial charge in [-0.25, -0.2) is 23.6 Å². The van der Waals surface area contributed by atoms with Gasteiger partial charge >= 0.3 is 24.0 Å². The number of carbonyl (C=O) groups excluding carboxylic acids is 5. The maximum atomic E-state index is 14.8. The fourth-order valence-electron chi connectivity index (χ4n) is 6.47. The average molecular weight is 813 g/mol. The summed E-state index contributed by atoms with van der Waals surface area (Å²) >= 11 is 0. The molecule has 12 nitrogen and oxygen atoms in total. The molecule has 0 unspecified atom stereocenters. The van der Waals surface area contributed by atoms with E-state index in [1.54, 1.807) is 32.9 Å². The lowest BCUT2D eigenvalue weighted by molar-refractivity contribution is -0.174. The van der Waals surface area contributed by atoms with E-state index < -0.39 is 70.9 Å². The summed E-state index contributed by atoms with van der Waals surface area (Å²) in [5.41, 5.74) is -0.493. The molecule has 4 atom stereocenters. The number of ether oxygens (including phenoxy) is 5. The molecule has 0 spiro atoms. The van der Waals surface area contributed by atoms with Gasteiger partial charge in [0.25, 0.3) is 5.91 Å². The van der Waals surface area contributed by atoms with E-state index in [-0.39, 0.29) is 32.3 Å². The van der Waals surface area contributed by atoms with Crippen LogP contribution < -0.4 is 0 Å². The van der Waals surface area contributed by atoms with Crippen molar-refractivity contribution in [3.8, 4) is 0 Å². The maximum absolute atomic E-state index is 14.8. The lowest BCUT2D eigenvalue weighted by atomic mass is 9.87. The number of hydrogen-bond donors (Lipinski definition) is 0. The van der Waals surface area contributed by atoms with E-state index in [4.69, 9.17) is 23.7 Å². The zero-order valence-corrected chi connectivity index (χ0v) is 36.3. The van der Waals surface area contributed by atoms with Gasteiger partial charge in [-0.1, -0.05) is 75.4 Å². The van der Waals surface area contributed by atoms with Gasteiger partial charge in [-0.05, 0) is 102 Å². The molecule has 0 aromatic heterocycles. The molecule has 0 saturated carbocycles. The third-order valence-corrected chi connectivity index (χ3v) is 9.80. The van der Waals surface area contributed by atoms with Gasteiger partial charge in [-0.2, -0.15) is 0 Å². The predicted molar refractivity (Wildman–Crippen MR) is 217 cm³/mol. The Bertz CT molecular complexity index is 1660. The second kappa shape index (κ2) is 20.9. The van der Waals surface area contributed by atoms with Gasteiger partial charge in [-0.3, -0.25) is 9.69 Å². The normalized spacial score (nSPS) is 15.9. The van der Waals surface area contributed by atoms with E-state index in [9.17, 15) is 28.4 Å². The summed E-state index contributed by atoms with van der Waals surface area (Å²) in [6.45, 7) is 16.2. The van der Waals surface area contributed by atoms with Crippen LogP contribution in [0.5, 0.6) is 0 Å². The van der Waals surface area contributed by atoms with E-state index in [1.165, 1.54) is 39.8 Å². The van der Waals surface area contributed by atoms with Crippen LogP contribution in [0.4, 0.5) is 9.18 Å². The number of esters is 3. The van der Waals surface area contributed by atoms with Gasteiger partial charge in [0.15, 0.2) is 12.2 Å². The summed E-state index contributed by atoms with van der Waals surface area (Å²) in [6.07, 6.45) is -1.95. The van der Waals surface area contributed by atoms with E-state index in [0.717, 1.165) is 28.9 Å². The Balaban J connectivity index is 1.94. The van der Waals surface area contributed by atoms with Crippen LogP contribution in [0.1, 0.15) is 117 Å². The molecular formula is C45H65FN2O10. The van der Waals surface area contributed by atoms with Crippen LogP contribution >= 0.6 is 0 Å². The van der Waals surface area contributed by atoms with Gasteiger partial charge in [0, 0.05) is 33.7 Å². The van der Waals surface area contributed by atoms with Crippen LogP contribution in [-0.2, 0) is 55.9 Å². The van der Waals surface area contributed by atoms with Crippen molar-refractivity contribution >= 4 is 29.9 Å². The Morgan fingerprint density at radius 2 is 1.36 bits per heavy atom. The molecule has 322 valence electrons. The lowest BCUT2D eigenvalue weighted by Gasteiger charge is -2.35. The summed E-state index contributed by atoms with van der Waals surface area (Å²) in [5, 5.41) is 0. The fraction of sp³-hybridized carbons (Fsp3) is 0.622. The van der Waals surface area contributed by atoms with E-state index in [0.29, 0.717) is 24.7 Å². The number of hydrogen-bond acceptors (Lipinski definition) is 10. The molecule has 1 saturated heterocycles. The number of likely N-dealkylation sites (N-methyl/N-ethyl adjacent to an activating group) is 2. The minimum Gasteiger partial charge on any atom is -0.458 e. The highest BCUT2D eigenvalue weighted by Crippen LogP contribution is 2.29. The first-order valence-corrected chi connectivity index (χ1v) is 20.1. The monoisotopic (exact) mass is 812 g/mol.